The molecule has 26 heavy (non-hydrogen) atoms. The summed E-state index contributed by atoms with van der Waals surface area (Å²) in [4.78, 5) is 9.15. The number of imidazole rings is 1. The maximum Gasteiger partial charge on any atom is 0.169 e. The molecule has 2 heterocycles. The standard InChI is InChI=1S/C22H21N3S/c1-16-6-8-18(9-7-16)15-26-22-24-20-10-11-23-13-21(20)25(22)14-19-5-3-4-17(2)12-19/h3-13H,14-15H2,1-2H3. The van der Waals surface area contributed by atoms with E-state index < -0.39 is 0 Å². The number of nitrogens with zero attached hydrogens (tertiary/aromatic N) is 3. The monoisotopic (exact) mass is 359 g/mol. The Kier molecular flexibility index (Phi) is 4.76. The molecule has 3 nitrogen and oxygen atoms in total. The number of pyridine rings is 1. The summed E-state index contributed by atoms with van der Waals surface area (Å²) in [5, 5.41) is 1.04. The molecule has 130 valence electrons. The summed E-state index contributed by atoms with van der Waals surface area (Å²) in [6.07, 6.45) is 3.72. The van der Waals surface area contributed by atoms with Gasteiger partial charge in [0.25, 0.3) is 0 Å². The number of hydrogen-bond acceptors (Lipinski definition) is 3. The Bertz CT molecular complexity index is 1030. The fourth-order valence-corrected chi connectivity index (χ4v) is 4.01. The van der Waals surface area contributed by atoms with Crippen molar-refractivity contribution in [2.75, 3.05) is 0 Å². The molecule has 0 aliphatic rings. The van der Waals surface area contributed by atoms with Crippen molar-refractivity contribution in [3.63, 3.8) is 0 Å². The summed E-state index contributed by atoms with van der Waals surface area (Å²) in [6, 6.07) is 19.3. The highest BCUT2D eigenvalue weighted by molar-refractivity contribution is 7.98. The van der Waals surface area contributed by atoms with Crippen molar-refractivity contribution in [3.05, 3.63) is 89.2 Å². The lowest BCUT2D eigenvalue weighted by Gasteiger charge is -2.10. The third-order valence-corrected chi connectivity index (χ3v) is 5.47. The third kappa shape index (κ3) is 3.65. The summed E-state index contributed by atoms with van der Waals surface area (Å²) in [7, 11) is 0. The first-order valence-electron chi connectivity index (χ1n) is 8.73. The zero-order valence-corrected chi connectivity index (χ0v) is 15.8. The van der Waals surface area contributed by atoms with Crippen molar-refractivity contribution in [3.8, 4) is 0 Å². The van der Waals surface area contributed by atoms with Crippen LogP contribution in [-0.4, -0.2) is 14.5 Å². The molecule has 0 saturated heterocycles. The molecular formula is C22H21N3S. The minimum Gasteiger partial charge on any atom is -0.313 e. The summed E-state index contributed by atoms with van der Waals surface area (Å²) in [5.74, 6) is 0.908. The van der Waals surface area contributed by atoms with E-state index in [1.807, 2.05) is 12.3 Å². The van der Waals surface area contributed by atoms with E-state index in [0.29, 0.717) is 0 Å². The maximum atomic E-state index is 4.85. The molecule has 2 aromatic carbocycles. The van der Waals surface area contributed by atoms with E-state index in [0.717, 1.165) is 28.5 Å². The average Bonchev–Trinajstić information content (AvgIpc) is 2.99. The molecule has 0 aliphatic heterocycles. The highest BCUT2D eigenvalue weighted by atomic mass is 32.2. The molecule has 0 N–H and O–H groups in total. The predicted octanol–water partition coefficient (Wildman–Crippen LogP) is 5.39. The first kappa shape index (κ1) is 16.9. The minimum atomic E-state index is 0.806. The van der Waals surface area contributed by atoms with Gasteiger partial charge in [0.2, 0.25) is 0 Å². The molecule has 2 aromatic heterocycles. The molecule has 4 aromatic rings. The van der Waals surface area contributed by atoms with Crippen molar-refractivity contribution >= 4 is 22.8 Å². The number of benzene rings is 2. The Morgan fingerprint density at radius 2 is 1.77 bits per heavy atom. The first-order chi connectivity index (χ1) is 12.7. The largest absolute Gasteiger partial charge is 0.313 e. The van der Waals surface area contributed by atoms with Crippen molar-refractivity contribution < 1.29 is 0 Å². The van der Waals surface area contributed by atoms with Crippen molar-refractivity contribution in [2.45, 2.75) is 31.3 Å². The van der Waals surface area contributed by atoms with Gasteiger partial charge in [0.15, 0.2) is 5.16 Å². The van der Waals surface area contributed by atoms with E-state index in [4.69, 9.17) is 4.98 Å². The van der Waals surface area contributed by atoms with Crippen LogP contribution in [-0.2, 0) is 12.3 Å². The minimum absolute atomic E-state index is 0.806. The van der Waals surface area contributed by atoms with Gasteiger partial charge in [-0.2, -0.15) is 0 Å². The number of aryl methyl sites for hydroxylation is 2. The Morgan fingerprint density at radius 3 is 2.58 bits per heavy atom. The van der Waals surface area contributed by atoms with Gasteiger partial charge in [-0.05, 0) is 31.0 Å². The molecule has 0 spiro atoms. The SMILES string of the molecule is Cc1ccc(CSc2nc3ccncc3n2Cc2cccc(C)c2)cc1. The average molecular weight is 359 g/mol. The number of fused-ring (bicyclic) bond motifs is 1. The molecule has 0 atom stereocenters. The van der Waals surface area contributed by atoms with Crippen LogP contribution in [0.4, 0.5) is 0 Å². The molecular weight excluding hydrogens is 338 g/mol. The van der Waals surface area contributed by atoms with E-state index in [-0.39, 0.29) is 0 Å². The molecule has 4 heteroatoms. The lowest BCUT2D eigenvalue weighted by molar-refractivity contribution is 0.729. The van der Waals surface area contributed by atoms with Crippen LogP contribution < -0.4 is 0 Å². The first-order valence-corrected chi connectivity index (χ1v) is 9.72. The molecule has 0 aliphatic carbocycles. The smallest absolute Gasteiger partial charge is 0.169 e. The fourth-order valence-electron chi connectivity index (χ4n) is 3.04. The van der Waals surface area contributed by atoms with Gasteiger partial charge in [-0.1, -0.05) is 71.4 Å². The van der Waals surface area contributed by atoms with E-state index >= 15 is 0 Å². The van der Waals surface area contributed by atoms with Crippen LogP contribution >= 0.6 is 11.8 Å². The number of hydrogen-bond donors (Lipinski definition) is 0. The van der Waals surface area contributed by atoms with Crippen molar-refractivity contribution in [2.24, 2.45) is 0 Å². The molecule has 0 radical (unpaired) electrons. The van der Waals surface area contributed by atoms with Gasteiger partial charge in [0.1, 0.15) is 0 Å². The van der Waals surface area contributed by atoms with E-state index in [1.54, 1.807) is 18.0 Å². The third-order valence-electron chi connectivity index (χ3n) is 4.43. The van der Waals surface area contributed by atoms with Gasteiger partial charge < -0.3 is 4.57 Å². The van der Waals surface area contributed by atoms with Crippen molar-refractivity contribution in [1.29, 1.82) is 0 Å². The van der Waals surface area contributed by atoms with Crippen LogP contribution in [0.3, 0.4) is 0 Å². The summed E-state index contributed by atoms with van der Waals surface area (Å²) >= 11 is 1.78. The topological polar surface area (TPSA) is 30.7 Å². The summed E-state index contributed by atoms with van der Waals surface area (Å²) < 4.78 is 2.27. The molecule has 0 unspecified atom stereocenters. The molecule has 0 amide bonds. The van der Waals surface area contributed by atoms with E-state index in [9.17, 15) is 0 Å². The lowest BCUT2D eigenvalue weighted by Crippen LogP contribution is -2.02. The van der Waals surface area contributed by atoms with Gasteiger partial charge in [-0.15, -0.1) is 0 Å². The Morgan fingerprint density at radius 1 is 0.923 bits per heavy atom. The van der Waals surface area contributed by atoms with Crippen LogP contribution in [0.5, 0.6) is 0 Å². The second-order valence-electron chi connectivity index (χ2n) is 6.61. The van der Waals surface area contributed by atoms with Gasteiger partial charge in [0, 0.05) is 11.9 Å². The fraction of sp³-hybridized carbons (Fsp3) is 0.182. The van der Waals surface area contributed by atoms with Crippen LogP contribution in [0.15, 0.2) is 72.1 Å². The number of rotatable bonds is 5. The maximum absolute atomic E-state index is 4.85. The number of thioether (sulfide) groups is 1. The van der Waals surface area contributed by atoms with Crippen LogP contribution in [0, 0.1) is 13.8 Å². The number of aromatic nitrogens is 3. The Labute approximate surface area is 158 Å². The van der Waals surface area contributed by atoms with Gasteiger partial charge >= 0.3 is 0 Å². The van der Waals surface area contributed by atoms with Gasteiger partial charge in [-0.3, -0.25) is 4.98 Å². The highest BCUT2D eigenvalue weighted by Gasteiger charge is 2.12. The zero-order chi connectivity index (χ0) is 17.9. The molecule has 0 saturated carbocycles. The van der Waals surface area contributed by atoms with Gasteiger partial charge in [-0.25, -0.2) is 4.98 Å². The predicted molar refractivity (Wildman–Crippen MR) is 109 cm³/mol. The molecule has 0 fully saturated rings. The van der Waals surface area contributed by atoms with E-state index in [2.05, 4.69) is 71.9 Å². The van der Waals surface area contributed by atoms with Crippen LogP contribution in [0.1, 0.15) is 22.3 Å². The molecule has 0 bridgehead atoms. The molecule has 4 rings (SSSR count). The Balaban J connectivity index is 1.65. The van der Waals surface area contributed by atoms with Crippen LogP contribution in [0.2, 0.25) is 0 Å². The van der Waals surface area contributed by atoms with Gasteiger partial charge in [0.05, 0.1) is 23.8 Å². The zero-order valence-electron chi connectivity index (χ0n) is 15.0. The summed E-state index contributed by atoms with van der Waals surface area (Å²) in [5.41, 5.74) is 7.24. The summed E-state index contributed by atoms with van der Waals surface area (Å²) in [6.45, 7) is 5.05. The quantitative estimate of drug-likeness (QED) is 0.448. The second-order valence-corrected chi connectivity index (χ2v) is 7.55. The Hall–Kier alpha value is -2.59. The van der Waals surface area contributed by atoms with E-state index in [1.165, 1.54) is 22.3 Å². The highest BCUT2D eigenvalue weighted by Crippen LogP contribution is 2.27. The second kappa shape index (κ2) is 7.34. The van der Waals surface area contributed by atoms with Crippen molar-refractivity contribution in [1.82, 2.24) is 14.5 Å². The lowest BCUT2D eigenvalue weighted by atomic mass is 10.1. The van der Waals surface area contributed by atoms with Crippen LogP contribution in [0.25, 0.3) is 11.0 Å². The normalized spacial score (nSPS) is 11.2.